The number of nitrogens with zero attached hydrogens (tertiary/aromatic N) is 3. The summed E-state index contributed by atoms with van der Waals surface area (Å²) in [5, 5.41) is 14.3. The van der Waals surface area contributed by atoms with E-state index in [1.165, 1.54) is 31.4 Å². The minimum atomic E-state index is -1.02. The lowest BCUT2D eigenvalue weighted by atomic mass is 9.84. The monoisotopic (exact) mass is 544 g/mol. The van der Waals surface area contributed by atoms with Gasteiger partial charge < -0.3 is 15.0 Å². The van der Waals surface area contributed by atoms with Gasteiger partial charge in [-0.15, -0.1) is 0 Å². The number of anilines is 2. The molecule has 3 aromatic rings. The number of hydrogen-bond donors (Lipinski definition) is 1. The number of benzene rings is 3. The van der Waals surface area contributed by atoms with E-state index in [-0.39, 0.29) is 11.4 Å². The Morgan fingerprint density at radius 3 is 2.46 bits per heavy atom. The van der Waals surface area contributed by atoms with Crippen LogP contribution in [0, 0.1) is 22.0 Å². The molecule has 0 saturated carbocycles. The average molecular weight is 545 g/mol. The quantitative estimate of drug-likeness (QED) is 0.287. The van der Waals surface area contributed by atoms with Crippen LogP contribution in [0.15, 0.2) is 72.9 Å². The van der Waals surface area contributed by atoms with Crippen LogP contribution in [0.3, 0.4) is 0 Å². The van der Waals surface area contributed by atoms with Crippen molar-refractivity contribution < 1.29 is 24.0 Å². The summed E-state index contributed by atoms with van der Waals surface area (Å²) in [6.45, 7) is 0. The van der Waals surface area contributed by atoms with Crippen LogP contribution in [0.5, 0.6) is 5.75 Å². The number of halogens is 1. The number of amides is 3. The molecule has 10 nitrogen and oxygen atoms in total. The van der Waals surface area contributed by atoms with Crippen LogP contribution in [0.25, 0.3) is 6.08 Å². The third kappa shape index (κ3) is 3.83. The number of hydrogen-bond acceptors (Lipinski definition) is 7. The van der Waals surface area contributed by atoms with Crippen molar-refractivity contribution in [1.82, 2.24) is 4.90 Å². The number of nitrogens with one attached hydrogen (secondary N) is 1. The van der Waals surface area contributed by atoms with Gasteiger partial charge in [-0.05, 0) is 47.5 Å². The molecule has 2 saturated heterocycles. The molecule has 1 N–H and O–H groups in total. The minimum absolute atomic E-state index is 0.164. The summed E-state index contributed by atoms with van der Waals surface area (Å²) in [5.41, 5.74) is 2.11. The van der Waals surface area contributed by atoms with Crippen molar-refractivity contribution in [3.63, 3.8) is 0 Å². The van der Waals surface area contributed by atoms with Crippen molar-refractivity contribution in [2.45, 2.75) is 12.1 Å². The molecule has 6 rings (SSSR count). The Morgan fingerprint density at radius 1 is 1.03 bits per heavy atom. The largest absolute Gasteiger partial charge is 0.495 e. The summed E-state index contributed by atoms with van der Waals surface area (Å²) in [4.78, 5) is 55.1. The van der Waals surface area contributed by atoms with Crippen LogP contribution in [0.2, 0.25) is 5.02 Å². The number of methoxy groups -OCH3 is 1. The summed E-state index contributed by atoms with van der Waals surface area (Å²) < 4.78 is 5.36. The lowest BCUT2D eigenvalue weighted by molar-refractivity contribution is -0.384. The van der Waals surface area contributed by atoms with Crippen LogP contribution in [0.4, 0.5) is 17.1 Å². The van der Waals surface area contributed by atoms with Crippen LogP contribution < -0.4 is 15.0 Å². The summed E-state index contributed by atoms with van der Waals surface area (Å²) in [6.07, 6.45) is 3.61. The molecule has 1 unspecified atom stereocenters. The van der Waals surface area contributed by atoms with Crippen molar-refractivity contribution in [3.05, 3.63) is 99.2 Å². The molecular formula is C28H21ClN4O6. The fourth-order valence-corrected chi connectivity index (χ4v) is 5.99. The topological polar surface area (TPSA) is 122 Å². The van der Waals surface area contributed by atoms with Gasteiger partial charge in [0, 0.05) is 23.4 Å². The molecule has 0 bridgehead atoms. The SMILES string of the molecule is COc1ccc(Cl)cc1NC(=O)[C@@H]1[C@@H]2C(=O)N(c3ccc([N+](=O)[O-])cc3)C(=O)[C@@H]2C2c3ccccc3C=CN21. The number of rotatable bonds is 5. The van der Waals surface area contributed by atoms with Gasteiger partial charge in [0.25, 0.3) is 5.69 Å². The van der Waals surface area contributed by atoms with Crippen molar-refractivity contribution >= 4 is 52.5 Å². The number of fused-ring (bicyclic) bond motifs is 5. The Bertz CT molecular complexity index is 1570. The van der Waals surface area contributed by atoms with Gasteiger partial charge in [0.2, 0.25) is 17.7 Å². The number of ether oxygens (including phenoxy) is 1. The molecule has 3 amide bonds. The van der Waals surface area contributed by atoms with E-state index in [2.05, 4.69) is 5.32 Å². The lowest BCUT2D eigenvalue weighted by Gasteiger charge is -2.35. The van der Waals surface area contributed by atoms with Gasteiger partial charge in [-0.3, -0.25) is 24.5 Å². The van der Waals surface area contributed by atoms with E-state index in [0.717, 1.165) is 16.0 Å². The third-order valence-electron chi connectivity index (χ3n) is 7.47. The van der Waals surface area contributed by atoms with Crippen LogP contribution in [0.1, 0.15) is 17.2 Å². The van der Waals surface area contributed by atoms with Gasteiger partial charge in [-0.2, -0.15) is 0 Å². The summed E-state index contributed by atoms with van der Waals surface area (Å²) in [6, 6.07) is 16.0. The Hall–Kier alpha value is -4.70. The van der Waals surface area contributed by atoms with Gasteiger partial charge in [-0.25, -0.2) is 4.90 Å². The normalized spacial score (nSPS) is 22.8. The van der Waals surface area contributed by atoms with E-state index >= 15 is 0 Å². The highest BCUT2D eigenvalue weighted by Crippen LogP contribution is 2.53. The zero-order valence-corrected chi connectivity index (χ0v) is 21.2. The molecule has 3 aliphatic rings. The predicted molar refractivity (Wildman–Crippen MR) is 143 cm³/mol. The molecule has 3 aliphatic heterocycles. The first-order valence-corrected chi connectivity index (χ1v) is 12.5. The van der Waals surface area contributed by atoms with E-state index in [9.17, 15) is 24.5 Å². The highest BCUT2D eigenvalue weighted by Gasteiger charge is 2.64. The first kappa shape index (κ1) is 24.6. The Kier molecular flexibility index (Phi) is 5.84. The van der Waals surface area contributed by atoms with E-state index < -0.39 is 46.6 Å². The highest BCUT2D eigenvalue weighted by atomic mass is 35.5. The molecule has 0 aromatic heterocycles. The summed E-state index contributed by atoms with van der Waals surface area (Å²) in [5.74, 6) is -2.97. The summed E-state index contributed by atoms with van der Waals surface area (Å²) in [7, 11) is 1.46. The first-order chi connectivity index (χ1) is 18.8. The molecule has 2 fully saturated rings. The molecule has 0 radical (unpaired) electrons. The van der Waals surface area contributed by atoms with Crippen LogP contribution in [-0.4, -0.2) is 40.7 Å². The average Bonchev–Trinajstić information content (AvgIpc) is 3.41. The Balaban J connectivity index is 1.43. The number of nitro groups is 1. The zero-order chi connectivity index (χ0) is 27.4. The Labute approximate surface area is 227 Å². The van der Waals surface area contributed by atoms with Crippen LogP contribution in [-0.2, 0) is 14.4 Å². The van der Waals surface area contributed by atoms with Crippen LogP contribution >= 0.6 is 11.6 Å². The van der Waals surface area contributed by atoms with E-state index in [1.807, 2.05) is 30.3 Å². The van der Waals surface area contributed by atoms with Gasteiger partial charge in [0.05, 0.1) is 41.3 Å². The second-order valence-electron chi connectivity index (χ2n) is 9.45. The number of carbonyl (C=O) groups excluding carboxylic acids is 3. The molecule has 0 spiro atoms. The molecule has 0 aliphatic carbocycles. The van der Waals surface area contributed by atoms with Gasteiger partial charge >= 0.3 is 0 Å². The molecular weight excluding hydrogens is 524 g/mol. The molecule has 196 valence electrons. The Morgan fingerprint density at radius 2 is 1.74 bits per heavy atom. The number of imide groups is 1. The van der Waals surface area contributed by atoms with Crippen molar-refractivity contribution in [3.8, 4) is 5.75 Å². The minimum Gasteiger partial charge on any atom is -0.495 e. The third-order valence-corrected chi connectivity index (χ3v) is 7.70. The fourth-order valence-electron chi connectivity index (χ4n) is 5.82. The number of non-ortho nitro benzene ring substituents is 1. The lowest BCUT2D eigenvalue weighted by Crippen LogP contribution is -2.46. The molecule has 3 aromatic carbocycles. The second-order valence-corrected chi connectivity index (χ2v) is 9.89. The van der Waals surface area contributed by atoms with E-state index in [0.29, 0.717) is 16.5 Å². The maximum Gasteiger partial charge on any atom is 0.269 e. The predicted octanol–water partition coefficient (Wildman–Crippen LogP) is 4.41. The fraction of sp³-hybridized carbons (Fsp3) is 0.179. The molecule has 4 atom stereocenters. The number of carbonyl (C=O) groups is 3. The van der Waals surface area contributed by atoms with Gasteiger partial charge in [-0.1, -0.05) is 35.9 Å². The highest BCUT2D eigenvalue weighted by molar-refractivity contribution is 6.31. The zero-order valence-electron chi connectivity index (χ0n) is 20.5. The maximum atomic E-state index is 13.9. The second kappa shape index (κ2) is 9.25. The van der Waals surface area contributed by atoms with Gasteiger partial charge in [0.1, 0.15) is 11.8 Å². The summed E-state index contributed by atoms with van der Waals surface area (Å²) >= 11 is 6.16. The first-order valence-electron chi connectivity index (χ1n) is 12.1. The smallest absolute Gasteiger partial charge is 0.269 e. The van der Waals surface area contributed by atoms with E-state index in [1.54, 1.807) is 29.3 Å². The standard InChI is InChI=1S/C28H21ClN4O6/c1-39-21-11-6-16(29)14-20(21)30-26(34)25-23-22(24-19-5-3-2-4-15(19)12-13-31(24)25)27(35)32(28(23)36)17-7-9-18(10-8-17)33(37)38/h2-14,22-25H,1H3,(H,30,34)/t22-,23+,24?,25-/m0/s1. The van der Waals surface area contributed by atoms with Crippen molar-refractivity contribution in [1.29, 1.82) is 0 Å². The number of nitro benzene ring substituents is 1. The molecule has 39 heavy (non-hydrogen) atoms. The molecule has 11 heteroatoms. The molecule has 3 heterocycles. The van der Waals surface area contributed by atoms with Crippen molar-refractivity contribution in [2.24, 2.45) is 11.8 Å². The van der Waals surface area contributed by atoms with Gasteiger partial charge in [0.15, 0.2) is 0 Å². The van der Waals surface area contributed by atoms with Crippen molar-refractivity contribution in [2.75, 3.05) is 17.3 Å². The van der Waals surface area contributed by atoms with E-state index in [4.69, 9.17) is 16.3 Å². The maximum absolute atomic E-state index is 13.9.